The van der Waals surface area contributed by atoms with Crippen LogP contribution in [-0.4, -0.2) is 53.7 Å². The van der Waals surface area contributed by atoms with Gasteiger partial charge in [-0.2, -0.15) is 18.4 Å². The highest BCUT2D eigenvalue weighted by Gasteiger charge is 2.50. The van der Waals surface area contributed by atoms with E-state index in [-0.39, 0.29) is 18.4 Å². The lowest BCUT2D eigenvalue weighted by molar-refractivity contribution is -0.137. The minimum atomic E-state index is -4.62. The van der Waals surface area contributed by atoms with E-state index in [1.165, 1.54) is 18.3 Å². The number of nitriles is 1. The number of fused-ring (bicyclic) bond motifs is 1. The third kappa shape index (κ3) is 3.91. The smallest absolute Gasteiger partial charge is 0.396 e. The number of nitrogens with zero attached hydrogens (tertiary/aromatic N) is 4. The molecule has 0 saturated carbocycles. The van der Waals surface area contributed by atoms with E-state index in [1.807, 2.05) is 11.8 Å². The van der Waals surface area contributed by atoms with E-state index in [4.69, 9.17) is 5.26 Å². The number of amides is 1. The maximum absolute atomic E-state index is 13.4. The zero-order valence-corrected chi connectivity index (χ0v) is 17.6. The molecule has 2 unspecified atom stereocenters. The van der Waals surface area contributed by atoms with Gasteiger partial charge in [0, 0.05) is 55.6 Å². The van der Waals surface area contributed by atoms with Crippen molar-refractivity contribution in [2.75, 3.05) is 37.7 Å². The molecule has 2 fully saturated rings. The molecule has 1 aromatic carbocycles. The molecule has 0 bridgehead atoms. The molecular weight excluding hydrogens is 421 g/mol. The lowest BCUT2D eigenvalue weighted by Crippen LogP contribution is -2.49. The second kappa shape index (κ2) is 8.10. The van der Waals surface area contributed by atoms with E-state index >= 15 is 0 Å². The molecule has 1 aromatic heterocycles. The number of likely N-dealkylation sites (tertiary alicyclic amines) is 1. The van der Waals surface area contributed by atoms with E-state index in [0.717, 1.165) is 11.6 Å². The van der Waals surface area contributed by atoms with Crippen LogP contribution in [0.15, 0.2) is 36.7 Å². The summed E-state index contributed by atoms with van der Waals surface area (Å²) in [5.41, 5.74) is -0.107. The van der Waals surface area contributed by atoms with Crippen LogP contribution >= 0.6 is 0 Å². The highest BCUT2D eigenvalue weighted by molar-refractivity contribution is 5.94. The standard InChI is InChI=1S/C23H23F3N4O2/c1-15-6-17(10-28-9-15)21(32)30-12-18-11-29(5-4-22(18,13-30)14-31)19-3-2-16(8-27)20(7-19)23(24,25)26/h2-3,6-7,9-10,18,31H,4-5,11-14H2,1H3. The second-order valence-electron chi connectivity index (χ2n) is 8.69. The summed E-state index contributed by atoms with van der Waals surface area (Å²) in [7, 11) is 0. The van der Waals surface area contributed by atoms with Gasteiger partial charge in [0.25, 0.3) is 5.91 Å². The van der Waals surface area contributed by atoms with Crippen molar-refractivity contribution in [1.29, 1.82) is 5.26 Å². The van der Waals surface area contributed by atoms with Crippen molar-refractivity contribution in [3.63, 3.8) is 0 Å². The molecule has 1 amide bonds. The topological polar surface area (TPSA) is 80.5 Å². The Bertz CT molecular complexity index is 1080. The monoisotopic (exact) mass is 444 g/mol. The maximum Gasteiger partial charge on any atom is 0.417 e. The van der Waals surface area contributed by atoms with Gasteiger partial charge in [0.2, 0.25) is 0 Å². The van der Waals surface area contributed by atoms with Crippen molar-refractivity contribution in [3.05, 3.63) is 58.9 Å². The Kier molecular flexibility index (Phi) is 5.59. The SMILES string of the molecule is Cc1cncc(C(=O)N2CC3CN(c4ccc(C#N)c(C(F)(F)F)c4)CCC3(CO)C2)c1. The second-order valence-corrected chi connectivity index (χ2v) is 8.69. The lowest BCUT2D eigenvalue weighted by Gasteiger charge is -2.43. The number of carbonyl (C=O) groups excluding carboxylic acids is 1. The van der Waals surface area contributed by atoms with Crippen LogP contribution in [0.5, 0.6) is 0 Å². The zero-order chi connectivity index (χ0) is 23.1. The molecule has 2 aliphatic rings. The molecule has 6 nitrogen and oxygen atoms in total. The van der Waals surface area contributed by atoms with E-state index in [9.17, 15) is 23.1 Å². The molecule has 4 rings (SSSR count). The van der Waals surface area contributed by atoms with Gasteiger partial charge in [0.05, 0.1) is 29.4 Å². The lowest BCUT2D eigenvalue weighted by atomic mass is 9.73. The first kappa shape index (κ1) is 22.1. The molecular formula is C23H23F3N4O2. The van der Waals surface area contributed by atoms with Gasteiger partial charge in [-0.3, -0.25) is 9.78 Å². The zero-order valence-electron chi connectivity index (χ0n) is 17.6. The van der Waals surface area contributed by atoms with Crippen LogP contribution in [0.25, 0.3) is 0 Å². The molecule has 32 heavy (non-hydrogen) atoms. The number of hydrogen-bond acceptors (Lipinski definition) is 5. The van der Waals surface area contributed by atoms with E-state index in [2.05, 4.69) is 4.98 Å². The summed E-state index contributed by atoms with van der Waals surface area (Å²) in [6.07, 6.45) is -0.888. The first-order valence-corrected chi connectivity index (χ1v) is 10.3. The van der Waals surface area contributed by atoms with Crippen LogP contribution in [0.4, 0.5) is 18.9 Å². The summed E-state index contributed by atoms with van der Waals surface area (Å²) in [6, 6.07) is 7.10. The van der Waals surface area contributed by atoms with Gasteiger partial charge in [-0.05, 0) is 43.2 Å². The molecule has 2 saturated heterocycles. The van der Waals surface area contributed by atoms with Gasteiger partial charge in [-0.15, -0.1) is 0 Å². The van der Waals surface area contributed by atoms with Crippen LogP contribution in [-0.2, 0) is 6.18 Å². The van der Waals surface area contributed by atoms with Crippen molar-refractivity contribution in [2.45, 2.75) is 19.5 Å². The van der Waals surface area contributed by atoms with Crippen molar-refractivity contribution in [3.8, 4) is 6.07 Å². The predicted octanol–water partition coefficient (Wildman–Crippen LogP) is 3.24. The fourth-order valence-electron chi connectivity index (χ4n) is 4.85. The number of halogens is 3. The number of aromatic nitrogens is 1. The summed E-state index contributed by atoms with van der Waals surface area (Å²) in [5.74, 6) is -0.249. The van der Waals surface area contributed by atoms with Crippen LogP contribution in [0.3, 0.4) is 0 Å². The number of rotatable bonds is 3. The van der Waals surface area contributed by atoms with Crippen molar-refractivity contribution < 1.29 is 23.1 Å². The number of aryl methyl sites for hydroxylation is 1. The number of carbonyl (C=O) groups is 1. The molecule has 9 heteroatoms. The summed E-state index contributed by atoms with van der Waals surface area (Å²) >= 11 is 0. The normalized spacial score (nSPS) is 23.1. The fraction of sp³-hybridized carbons (Fsp3) is 0.435. The van der Waals surface area contributed by atoms with Crippen LogP contribution in [0.2, 0.25) is 0 Å². The van der Waals surface area contributed by atoms with Crippen LogP contribution < -0.4 is 4.90 Å². The van der Waals surface area contributed by atoms with Crippen LogP contribution in [0.1, 0.15) is 33.5 Å². The Morgan fingerprint density at radius 1 is 1.31 bits per heavy atom. The van der Waals surface area contributed by atoms with Crippen molar-refractivity contribution in [2.24, 2.45) is 11.3 Å². The average molecular weight is 444 g/mol. The van der Waals surface area contributed by atoms with E-state index < -0.39 is 22.7 Å². The fourth-order valence-corrected chi connectivity index (χ4v) is 4.85. The molecule has 168 valence electrons. The van der Waals surface area contributed by atoms with Crippen molar-refractivity contribution in [1.82, 2.24) is 9.88 Å². The quantitative estimate of drug-likeness (QED) is 0.786. The number of benzene rings is 1. The summed E-state index contributed by atoms with van der Waals surface area (Å²) in [5, 5.41) is 19.2. The molecule has 0 spiro atoms. The summed E-state index contributed by atoms with van der Waals surface area (Å²) in [6.45, 7) is 3.44. The van der Waals surface area contributed by atoms with Gasteiger partial charge < -0.3 is 14.9 Å². The molecule has 2 aliphatic heterocycles. The van der Waals surface area contributed by atoms with E-state index in [0.29, 0.717) is 43.9 Å². The maximum atomic E-state index is 13.4. The van der Waals surface area contributed by atoms with Gasteiger partial charge in [-0.1, -0.05) is 0 Å². The third-order valence-electron chi connectivity index (χ3n) is 6.65. The largest absolute Gasteiger partial charge is 0.417 e. The first-order valence-electron chi connectivity index (χ1n) is 10.3. The molecule has 1 N–H and O–H groups in total. The van der Waals surface area contributed by atoms with Gasteiger partial charge in [-0.25, -0.2) is 0 Å². The Labute approximate surface area is 183 Å². The van der Waals surface area contributed by atoms with Gasteiger partial charge in [0.1, 0.15) is 0 Å². The number of piperidine rings is 1. The Morgan fingerprint density at radius 3 is 2.75 bits per heavy atom. The van der Waals surface area contributed by atoms with Crippen molar-refractivity contribution >= 4 is 11.6 Å². The number of pyridine rings is 1. The summed E-state index contributed by atoms with van der Waals surface area (Å²) < 4.78 is 40.2. The number of hydrogen-bond donors (Lipinski definition) is 1. The predicted molar refractivity (Wildman–Crippen MR) is 111 cm³/mol. The number of aliphatic hydroxyl groups is 1. The first-order chi connectivity index (χ1) is 15.2. The highest BCUT2D eigenvalue weighted by Crippen LogP contribution is 2.44. The molecule has 0 aliphatic carbocycles. The highest BCUT2D eigenvalue weighted by atomic mass is 19.4. The Hall–Kier alpha value is -3.12. The van der Waals surface area contributed by atoms with Crippen LogP contribution in [0, 0.1) is 29.6 Å². The minimum absolute atomic E-state index is 0.0899. The van der Waals surface area contributed by atoms with Gasteiger partial charge in [0.15, 0.2) is 0 Å². The Morgan fingerprint density at radius 2 is 2.09 bits per heavy atom. The molecule has 3 heterocycles. The molecule has 2 aromatic rings. The van der Waals surface area contributed by atoms with E-state index in [1.54, 1.807) is 23.2 Å². The number of anilines is 1. The minimum Gasteiger partial charge on any atom is -0.396 e. The number of alkyl halides is 3. The number of aliphatic hydroxyl groups excluding tert-OH is 1. The third-order valence-corrected chi connectivity index (χ3v) is 6.65. The van der Waals surface area contributed by atoms with Gasteiger partial charge >= 0.3 is 6.18 Å². The average Bonchev–Trinajstić information content (AvgIpc) is 3.17. The summed E-state index contributed by atoms with van der Waals surface area (Å²) in [4.78, 5) is 20.6. The molecule has 0 radical (unpaired) electrons. The molecule has 2 atom stereocenters. The Balaban J connectivity index is 1.57.